The van der Waals surface area contributed by atoms with Crippen LogP contribution in [0.5, 0.6) is 0 Å². The maximum Gasteiger partial charge on any atom is 0.0128 e. The number of nitrogens with one attached hydrogen (secondary N) is 2. The van der Waals surface area contributed by atoms with E-state index in [1.54, 1.807) is 0 Å². The highest BCUT2D eigenvalue weighted by molar-refractivity contribution is 5.08. The smallest absolute Gasteiger partial charge is 0.0128 e. The molecule has 0 aromatic heterocycles. The third-order valence-electron chi connectivity index (χ3n) is 3.14. The van der Waals surface area contributed by atoms with Gasteiger partial charge in [0.1, 0.15) is 0 Å². The van der Waals surface area contributed by atoms with Crippen molar-refractivity contribution < 1.29 is 0 Å². The molecule has 0 amide bonds. The molecule has 1 unspecified atom stereocenters. The van der Waals surface area contributed by atoms with Crippen molar-refractivity contribution in [1.29, 1.82) is 0 Å². The van der Waals surface area contributed by atoms with Crippen LogP contribution in [0.25, 0.3) is 0 Å². The maximum atomic E-state index is 3.40. The molecule has 0 bridgehead atoms. The Morgan fingerprint density at radius 3 is 2.60 bits per heavy atom. The summed E-state index contributed by atoms with van der Waals surface area (Å²) in [7, 11) is 2.08. The summed E-state index contributed by atoms with van der Waals surface area (Å²) in [5.74, 6) is 0. The van der Waals surface area contributed by atoms with Crippen LogP contribution in [0, 0.1) is 5.41 Å². The Bertz CT molecular complexity index is 127. The molecule has 2 aliphatic rings. The SMILES string of the molecule is CNC1CC12CCNCC2. The van der Waals surface area contributed by atoms with Gasteiger partial charge in [-0.2, -0.15) is 0 Å². The summed E-state index contributed by atoms with van der Waals surface area (Å²) < 4.78 is 0. The van der Waals surface area contributed by atoms with Crippen LogP contribution in [-0.2, 0) is 0 Å². The van der Waals surface area contributed by atoms with Crippen LogP contribution >= 0.6 is 0 Å². The molecule has 58 valence electrons. The van der Waals surface area contributed by atoms with Crippen LogP contribution in [0.1, 0.15) is 19.3 Å². The van der Waals surface area contributed by atoms with Gasteiger partial charge in [0.2, 0.25) is 0 Å². The number of hydrogen-bond donors (Lipinski definition) is 2. The molecule has 1 aliphatic heterocycles. The molecule has 1 spiro atoms. The minimum atomic E-state index is 0.722. The molecule has 10 heavy (non-hydrogen) atoms. The Balaban J connectivity index is 1.92. The fourth-order valence-electron chi connectivity index (χ4n) is 2.23. The first-order chi connectivity index (χ1) is 4.87. The van der Waals surface area contributed by atoms with E-state index in [1.165, 1.54) is 32.4 Å². The topological polar surface area (TPSA) is 24.1 Å². The zero-order chi connectivity index (χ0) is 7.03. The van der Waals surface area contributed by atoms with Crippen LogP contribution < -0.4 is 10.6 Å². The zero-order valence-electron chi connectivity index (χ0n) is 6.61. The van der Waals surface area contributed by atoms with E-state index in [9.17, 15) is 0 Å². The summed E-state index contributed by atoms with van der Waals surface area (Å²) in [4.78, 5) is 0. The summed E-state index contributed by atoms with van der Waals surface area (Å²) in [6.45, 7) is 2.47. The van der Waals surface area contributed by atoms with Gasteiger partial charge in [-0.1, -0.05) is 0 Å². The van der Waals surface area contributed by atoms with Crippen LogP contribution in [0.3, 0.4) is 0 Å². The zero-order valence-corrected chi connectivity index (χ0v) is 6.61. The van der Waals surface area contributed by atoms with E-state index in [4.69, 9.17) is 0 Å². The fourth-order valence-corrected chi connectivity index (χ4v) is 2.23. The number of rotatable bonds is 1. The van der Waals surface area contributed by atoms with Gasteiger partial charge in [-0.15, -0.1) is 0 Å². The molecule has 2 N–H and O–H groups in total. The van der Waals surface area contributed by atoms with E-state index in [0.717, 1.165) is 11.5 Å². The molecule has 2 nitrogen and oxygen atoms in total. The lowest BCUT2D eigenvalue weighted by atomic mass is 9.94. The molecule has 2 rings (SSSR count). The van der Waals surface area contributed by atoms with Gasteiger partial charge in [0.15, 0.2) is 0 Å². The van der Waals surface area contributed by atoms with E-state index in [0.29, 0.717) is 0 Å². The summed E-state index contributed by atoms with van der Waals surface area (Å²) in [6.07, 6.45) is 4.20. The lowest BCUT2D eigenvalue weighted by Gasteiger charge is -2.23. The number of piperidine rings is 1. The van der Waals surface area contributed by atoms with Crippen molar-refractivity contribution in [1.82, 2.24) is 10.6 Å². The predicted molar refractivity (Wildman–Crippen MR) is 42.0 cm³/mol. The molecule has 1 heterocycles. The van der Waals surface area contributed by atoms with E-state index in [1.807, 2.05) is 0 Å². The molecular weight excluding hydrogens is 124 g/mol. The van der Waals surface area contributed by atoms with Crippen molar-refractivity contribution in [3.63, 3.8) is 0 Å². The first-order valence-corrected chi connectivity index (χ1v) is 4.25. The van der Waals surface area contributed by atoms with Crippen molar-refractivity contribution in [2.45, 2.75) is 25.3 Å². The second-order valence-electron chi connectivity index (χ2n) is 3.66. The molecule has 1 atom stereocenters. The second kappa shape index (κ2) is 2.21. The van der Waals surface area contributed by atoms with Crippen molar-refractivity contribution >= 4 is 0 Å². The molecule has 0 radical (unpaired) electrons. The summed E-state index contributed by atoms with van der Waals surface area (Å²) >= 11 is 0. The van der Waals surface area contributed by atoms with E-state index in [-0.39, 0.29) is 0 Å². The average molecular weight is 140 g/mol. The maximum absolute atomic E-state index is 3.40. The highest BCUT2D eigenvalue weighted by Gasteiger charge is 2.52. The highest BCUT2D eigenvalue weighted by Crippen LogP contribution is 2.52. The van der Waals surface area contributed by atoms with Crippen molar-refractivity contribution in [2.24, 2.45) is 5.41 Å². The lowest BCUT2D eigenvalue weighted by Crippen LogP contribution is -2.32. The molecule has 0 aromatic rings. The van der Waals surface area contributed by atoms with E-state index < -0.39 is 0 Å². The molecule has 1 saturated carbocycles. The molecule has 0 aromatic carbocycles. The van der Waals surface area contributed by atoms with Crippen molar-refractivity contribution in [3.05, 3.63) is 0 Å². The van der Waals surface area contributed by atoms with E-state index in [2.05, 4.69) is 17.7 Å². The minimum Gasteiger partial charge on any atom is -0.317 e. The minimum absolute atomic E-state index is 0.722. The molecule has 1 saturated heterocycles. The van der Waals surface area contributed by atoms with Crippen molar-refractivity contribution in [3.8, 4) is 0 Å². The summed E-state index contributed by atoms with van der Waals surface area (Å²) in [5.41, 5.74) is 0.722. The van der Waals surface area contributed by atoms with Gasteiger partial charge in [-0.05, 0) is 44.8 Å². The Morgan fingerprint density at radius 2 is 2.10 bits per heavy atom. The Morgan fingerprint density at radius 1 is 1.40 bits per heavy atom. The molecule has 2 heteroatoms. The van der Waals surface area contributed by atoms with Gasteiger partial charge in [0, 0.05) is 6.04 Å². The predicted octanol–water partition coefficient (Wildman–Crippen LogP) is 0.348. The third kappa shape index (κ3) is 0.867. The fraction of sp³-hybridized carbons (Fsp3) is 1.00. The van der Waals surface area contributed by atoms with Gasteiger partial charge in [-0.3, -0.25) is 0 Å². The first kappa shape index (κ1) is 6.62. The normalized spacial score (nSPS) is 36.3. The van der Waals surface area contributed by atoms with Crippen LogP contribution in [0.2, 0.25) is 0 Å². The quantitative estimate of drug-likeness (QED) is 0.549. The van der Waals surface area contributed by atoms with Gasteiger partial charge >= 0.3 is 0 Å². The first-order valence-electron chi connectivity index (χ1n) is 4.25. The van der Waals surface area contributed by atoms with Crippen molar-refractivity contribution in [2.75, 3.05) is 20.1 Å². The highest BCUT2D eigenvalue weighted by atomic mass is 15.0. The lowest BCUT2D eigenvalue weighted by molar-refractivity contribution is 0.333. The summed E-state index contributed by atoms with van der Waals surface area (Å²) in [6, 6.07) is 0.842. The van der Waals surface area contributed by atoms with Crippen LogP contribution in [0.4, 0.5) is 0 Å². The number of hydrogen-bond acceptors (Lipinski definition) is 2. The standard InChI is InChI=1S/C8H16N2/c1-9-7-6-8(7)2-4-10-5-3-8/h7,9-10H,2-6H2,1H3. The Kier molecular flexibility index (Phi) is 1.46. The largest absolute Gasteiger partial charge is 0.317 e. The third-order valence-corrected chi connectivity index (χ3v) is 3.14. The second-order valence-corrected chi connectivity index (χ2v) is 3.66. The van der Waals surface area contributed by atoms with Gasteiger partial charge < -0.3 is 10.6 Å². The van der Waals surface area contributed by atoms with Crippen LogP contribution in [-0.4, -0.2) is 26.2 Å². The average Bonchev–Trinajstić information content (AvgIpc) is 2.65. The molecule has 1 aliphatic carbocycles. The molecular formula is C8H16N2. The Hall–Kier alpha value is -0.0800. The monoisotopic (exact) mass is 140 g/mol. The van der Waals surface area contributed by atoms with E-state index >= 15 is 0 Å². The van der Waals surface area contributed by atoms with Gasteiger partial charge in [0.25, 0.3) is 0 Å². The Labute approximate surface area is 62.4 Å². The van der Waals surface area contributed by atoms with Crippen LogP contribution in [0.15, 0.2) is 0 Å². The summed E-state index contributed by atoms with van der Waals surface area (Å²) in [5, 5.41) is 6.77. The molecule has 2 fully saturated rings. The van der Waals surface area contributed by atoms with Gasteiger partial charge in [0.05, 0.1) is 0 Å². The van der Waals surface area contributed by atoms with Gasteiger partial charge in [-0.25, -0.2) is 0 Å².